The lowest BCUT2D eigenvalue weighted by Gasteiger charge is -2.20. The molecular weight excluding hydrogens is 303 g/mol. The SMILES string of the molecule is CCc1cccc(OP(=O)(O)C2=CC=CCC2=S)c1CC. The summed E-state index contributed by atoms with van der Waals surface area (Å²) in [4.78, 5) is 10.8. The van der Waals surface area contributed by atoms with Crippen LogP contribution in [0.1, 0.15) is 31.4 Å². The second kappa shape index (κ2) is 6.69. The number of aryl methyl sites for hydroxylation is 1. The van der Waals surface area contributed by atoms with Crippen LogP contribution in [-0.4, -0.2) is 9.76 Å². The molecule has 1 N–H and O–H groups in total. The lowest BCUT2D eigenvalue weighted by Crippen LogP contribution is -2.07. The first-order valence-electron chi connectivity index (χ1n) is 7.03. The summed E-state index contributed by atoms with van der Waals surface area (Å²) < 4.78 is 18.1. The normalized spacial score (nSPS) is 17.3. The Hall–Kier alpha value is -1.22. The van der Waals surface area contributed by atoms with Gasteiger partial charge in [0, 0.05) is 11.3 Å². The number of allylic oxidation sites excluding steroid dienone is 4. The van der Waals surface area contributed by atoms with Crippen molar-refractivity contribution in [3.8, 4) is 5.75 Å². The van der Waals surface area contributed by atoms with Gasteiger partial charge in [-0.2, -0.15) is 0 Å². The quantitative estimate of drug-likeness (QED) is 0.636. The van der Waals surface area contributed by atoms with E-state index in [2.05, 4.69) is 6.92 Å². The van der Waals surface area contributed by atoms with Gasteiger partial charge in [-0.3, -0.25) is 0 Å². The molecule has 5 heteroatoms. The van der Waals surface area contributed by atoms with E-state index in [-0.39, 0.29) is 5.31 Å². The first-order valence-corrected chi connectivity index (χ1v) is 9.02. The fourth-order valence-corrected chi connectivity index (χ4v) is 4.12. The smallest absolute Gasteiger partial charge is 0.409 e. The van der Waals surface area contributed by atoms with E-state index >= 15 is 0 Å². The van der Waals surface area contributed by atoms with Crippen molar-refractivity contribution < 1.29 is 14.0 Å². The minimum absolute atomic E-state index is 0.226. The highest BCUT2D eigenvalue weighted by Crippen LogP contribution is 2.53. The van der Waals surface area contributed by atoms with E-state index < -0.39 is 7.60 Å². The fraction of sp³-hybridized carbons (Fsp3) is 0.312. The van der Waals surface area contributed by atoms with Crippen LogP contribution in [0.15, 0.2) is 41.7 Å². The van der Waals surface area contributed by atoms with Crippen molar-refractivity contribution in [2.24, 2.45) is 0 Å². The summed E-state index contributed by atoms with van der Waals surface area (Å²) in [5.74, 6) is 0.473. The molecule has 0 aliphatic heterocycles. The average molecular weight is 322 g/mol. The molecule has 3 nitrogen and oxygen atoms in total. The van der Waals surface area contributed by atoms with E-state index in [9.17, 15) is 9.46 Å². The highest BCUT2D eigenvalue weighted by Gasteiger charge is 2.31. The van der Waals surface area contributed by atoms with Crippen molar-refractivity contribution in [3.05, 3.63) is 52.9 Å². The second-order valence-corrected chi connectivity index (χ2v) is 7.02. The van der Waals surface area contributed by atoms with E-state index in [1.54, 1.807) is 18.2 Å². The van der Waals surface area contributed by atoms with Crippen LogP contribution in [0.25, 0.3) is 0 Å². The predicted molar refractivity (Wildman–Crippen MR) is 90.1 cm³/mol. The van der Waals surface area contributed by atoms with Crippen molar-refractivity contribution in [1.82, 2.24) is 0 Å². The molecule has 2 rings (SSSR count). The topological polar surface area (TPSA) is 46.5 Å². The zero-order valence-corrected chi connectivity index (χ0v) is 13.9. The summed E-state index contributed by atoms with van der Waals surface area (Å²) in [7, 11) is -3.95. The van der Waals surface area contributed by atoms with Crippen LogP contribution in [0.2, 0.25) is 0 Å². The number of benzene rings is 1. The Morgan fingerprint density at radius 1 is 1.33 bits per heavy atom. The predicted octanol–water partition coefficient (Wildman–Crippen LogP) is 4.59. The molecule has 0 radical (unpaired) electrons. The van der Waals surface area contributed by atoms with Crippen LogP contribution >= 0.6 is 19.8 Å². The molecule has 0 heterocycles. The molecule has 1 aliphatic rings. The van der Waals surface area contributed by atoms with Gasteiger partial charge in [0.15, 0.2) is 0 Å². The van der Waals surface area contributed by atoms with Gasteiger partial charge in [-0.25, -0.2) is 4.57 Å². The van der Waals surface area contributed by atoms with E-state index in [0.717, 1.165) is 24.0 Å². The molecule has 0 spiro atoms. The van der Waals surface area contributed by atoms with Crippen LogP contribution < -0.4 is 4.52 Å². The summed E-state index contributed by atoms with van der Waals surface area (Å²) in [6, 6.07) is 5.60. The van der Waals surface area contributed by atoms with Gasteiger partial charge in [0.05, 0.1) is 5.31 Å². The molecule has 0 saturated heterocycles. The molecular formula is C16H19O3PS. The van der Waals surface area contributed by atoms with Crippen molar-refractivity contribution in [2.45, 2.75) is 33.1 Å². The molecule has 0 bridgehead atoms. The van der Waals surface area contributed by atoms with Crippen LogP contribution in [0.4, 0.5) is 0 Å². The van der Waals surface area contributed by atoms with Gasteiger partial charge < -0.3 is 9.42 Å². The molecule has 0 saturated carbocycles. The Morgan fingerprint density at radius 2 is 2.10 bits per heavy atom. The highest BCUT2D eigenvalue weighted by atomic mass is 32.1. The minimum atomic E-state index is -3.95. The van der Waals surface area contributed by atoms with Gasteiger partial charge in [0.1, 0.15) is 5.75 Å². The van der Waals surface area contributed by atoms with Gasteiger partial charge in [-0.05, 0) is 36.1 Å². The maximum atomic E-state index is 12.6. The van der Waals surface area contributed by atoms with Crippen LogP contribution in [0.3, 0.4) is 0 Å². The minimum Gasteiger partial charge on any atom is -0.421 e. The van der Waals surface area contributed by atoms with Gasteiger partial charge >= 0.3 is 7.60 Å². The van der Waals surface area contributed by atoms with Crippen LogP contribution in [-0.2, 0) is 17.4 Å². The monoisotopic (exact) mass is 322 g/mol. The fourth-order valence-electron chi connectivity index (χ4n) is 2.40. The van der Waals surface area contributed by atoms with Crippen LogP contribution in [0, 0.1) is 0 Å². The lowest BCUT2D eigenvalue weighted by atomic mass is 10.0. The Balaban J connectivity index is 2.37. The summed E-state index contributed by atoms with van der Waals surface area (Å²) >= 11 is 5.17. The first kappa shape index (κ1) is 16.2. The molecule has 0 amide bonds. The highest BCUT2D eigenvalue weighted by molar-refractivity contribution is 7.82. The molecule has 1 aromatic carbocycles. The maximum absolute atomic E-state index is 12.6. The average Bonchev–Trinajstić information content (AvgIpc) is 2.46. The summed E-state index contributed by atoms with van der Waals surface area (Å²) in [6.07, 6.45) is 7.29. The van der Waals surface area contributed by atoms with Crippen molar-refractivity contribution in [2.75, 3.05) is 0 Å². The molecule has 0 aromatic heterocycles. The van der Waals surface area contributed by atoms with Crippen molar-refractivity contribution in [3.63, 3.8) is 0 Å². The summed E-state index contributed by atoms with van der Waals surface area (Å²) in [5.41, 5.74) is 2.11. The Labute approximate surface area is 130 Å². The first-order chi connectivity index (χ1) is 9.99. The van der Waals surface area contributed by atoms with E-state index in [1.807, 2.05) is 25.1 Å². The molecule has 0 fully saturated rings. The zero-order valence-electron chi connectivity index (χ0n) is 12.2. The third kappa shape index (κ3) is 3.52. The largest absolute Gasteiger partial charge is 0.421 e. The molecule has 21 heavy (non-hydrogen) atoms. The molecule has 1 aromatic rings. The van der Waals surface area contributed by atoms with E-state index in [0.29, 0.717) is 17.0 Å². The van der Waals surface area contributed by atoms with Crippen LogP contribution in [0.5, 0.6) is 5.75 Å². The summed E-state index contributed by atoms with van der Waals surface area (Å²) in [6.45, 7) is 4.07. The van der Waals surface area contributed by atoms with Crippen molar-refractivity contribution >= 4 is 24.7 Å². The van der Waals surface area contributed by atoms with E-state index in [1.165, 1.54) is 0 Å². The summed E-state index contributed by atoms with van der Waals surface area (Å²) in [5, 5.41) is 0.226. The number of thiocarbonyl (C=S) groups is 1. The third-order valence-corrected chi connectivity index (χ3v) is 5.48. The Bertz CT molecular complexity index is 661. The molecule has 1 aliphatic carbocycles. The van der Waals surface area contributed by atoms with Gasteiger partial charge in [0.2, 0.25) is 0 Å². The third-order valence-electron chi connectivity index (χ3n) is 3.47. The van der Waals surface area contributed by atoms with Crippen molar-refractivity contribution in [1.29, 1.82) is 0 Å². The zero-order chi connectivity index (χ0) is 15.5. The lowest BCUT2D eigenvalue weighted by molar-refractivity contribution is 0.388. The number of hydrogen-bond acceptors (Lipinski definition) is 3. The van der Waals surface area contributed by atoms with E-state index in [4.69, 9.17) is 16.7 Å². The molecule has 112 valence electrons. The van der Waals surface area contributed by atoms with Gasteiger partial charge in [-0.15, -0.1) is 0 Å². The van der Waals surface area contributed by atoms with Gasteiger partial charge in [-0.1, -0.05) is 50.4 Å². The Morgan fingerprint density at radius 3 is 2.71 bits per heavy atom. The van der Waals surface area contributed by atoms with Gasteiger partial charge in [0.25, 0.3) is 0 Å². The maximum Gasteiger partial charge on any atom is 0.409 e. The molecule has 1 unspecified atom stereocenters. The second-order valence-electron chi connectivity index (χ2n) is 4.82. The number of rotatable bonds is 5. The standard InChI is InChI=1S/C16H19O3PS/c1-3-12-8-7-9-14(13(12)4-2)19-20(17,18)15-10-5-6-11-16(15)21/h5-10H,3-4,11H2,1-2H3,(H,17,18). The molecule has 1 atom stereocenters. The number of hydrogen-bond donors (Lipinski definition) is 1. The Kier molecular flexibility index (Phi) is 5.15.